The summed E-state index contributed by atoms with van der Waals surface area (Å²) in [4.78, 5) is 16.1. The van der Waals surface area contributed by atoms with E-state index in [1.54, 1.807) is 30.4 Å². The summed E-state index contributed by atoms with van der Waals surface area (Å²) in [6.45, 7) is 3.93. The molecule has 0 saturated carbocycles. The SMILES string of the molecule is CCC(=O)c1cccc(S(=O)(=O)NCCc2csc(C)n2)c1. The highest BCUT2D eigenvalue weighted by Gasteiger charge is 2.15. The van der Waals surface area contributed by atoms with Gasteiger partial charge in [0.15, 0.2) is 5.78 Å². The van der Waals surface area contributed by atoms with Gasteiger partial charge in [-0.3, -0.25) is 4.79 Å². The zero-order valence-electron chi connectivity index (χ0n) is 12.5. The van der Waals surface area contributed by atoms with Gasteiger partial charge >= 0.3 is 0 Å². The fourth-order valence-electron chi connectivity index (χ4n) is 1.96. The highest BCUT2D eigenvalue weighted by molar-refractivity contribution is 7.89. The molecule has 0 aliphatic carbocycles. The van der Waals surface area contributed by atoms with Gasteiger partial charge < -0.3 is 0 Å². The Kier molecular flexibility index (Phi) is 5.44. The third kappa shape index (κ3) is 4.22. The smallest absolute Gasteiger partial charge is 0.240 e. The molecule has 0 saturated heterocycles. The number of hydrogen-bond acceptors (Lipinski definition) is 5. The van der Waals surface area contributed by atoms with Crippen LogP contribution >= 0.6 is 11.3 Å². The van der Waals surface area contributed by atoms with E-state index in [2.05, 4.69) is 9.71 Å². The van der Waals surface area contributed by atoms with Crippen LogP contribution in [0.25, 0.3) is 0 Å². The highest BCUT2D eigenvalue weighted by Crippen LogP contribution is 2.13. The fourth-order valence-corrected chi connectivity index (χ4v) is 3.69. The van der Waals surface area contributed by atoms with Crippen molar-refractivity contribution in [2.24, 2.45) is 0 Å². The van der Waals surface area contributed by atoms with Gasteiger partial charge in [-0.2, -0.15) is 0 Å². The maximum Gasteiger partial charge on any atom is 0.240 e. The molecule has 1 heterocycles. The van der Waals surface area contributed by atoms with E-state index in [1.165, 1.54) is 12.1 Å². The zero-order chi connectivity index (χ0) is 16.2. The quantitative estimate of drug-likeness (QED) is 0.787. The van der Waals surface area contributed by atoms with Gasteiger partial charge in [-0.05, 0) is 19.1 Å². The average molecular weight is 338 g/mol. The minimum Gasteiger partial charge on any atom is -0.294 e. The Morgan fingerprint density at radius 3 is 2.77 bits per heavy atom. The van der Waals surface area contributed by atoms with Gasteiger partial charge in [0.25, 0.3) is 0 Å². The molecular weight excluding hydrogens is 320 g/mol. The van der Waals surface area contributed by atoms with Crippen molar-refractivity contribution in [1.29, 1.82) is 0 Å². The maximum absolute atomic E-state index is 12.3. The molecule has 0 aliphatic heterocycles. The van der Waals surface area contributed by atoms with Crippen molar-refractivity contribution in [3.8, 4) is 0 Å². The third-order valence-electron chi connectivity index (χ3n) is 3.13. The lowest BCUT2D eigenvalue weighted by Crippen LogP contribution is -2.26. The Morgan fingerprint density at radius 2 is 2.14 bits per heavy atom. The lowest BCUT2D eigenvalue weighted by molar-refractivity contribution is 0.0988. The van der Waals surface area contributed by atoms with Gasteiger partial charge in [0.05, 0.1) is 15.6 Å². The van der Waals surface area contributed by atoms with Crippen molar-refractivity contribution in [1.82, 2.24) is 9.71 Å². The number of sulfonamides is 1. The fraction of sp³-hybridized carbons (Fsp3) is 0.333. The van der Waals surface area contributed by atoms with E-state index in [-0.39, 0.29) is 17.2 Å². The van der Waals surface area contributed by atoms with Crippen molar-refractivity contribution in [2.45, 2.75) is 31.6 Å². The second-order valence-electron chi connectivity index (χ2n) is 4.81. The normalized spacial score (nSPS) is 11.5. The molecule has 5 nitrogen and oxygen atoms in total. The number of Topliss-reactive ketones (excluding diaryl/α,β-unsaturated/α-hetero) is 1. The number of nitrogens with one attached hydrogen (secondary N) is 1. The molecule has 0 atom stereocenters. The molecule has 0 aliphatic rings. The molecular formula is C15H18N2O3S2. The molecule has 0 bridgehead atoms. The monoisotopic (exact) mass is 338 g/mol. The van der Waals surface area contributed by atoms with Crippen LogP contribution in [0.15, 0.2) is 34.5 Å². The van der Waals surface area contributed by atoms with Crippen LogP contribution in [0.3, 0.4) is 0 Å². The first-order chi connectivity index (χ1) is 10.4. The number of nitrogens with zero attached hydrogens (tertiary/aromatic N) is 1. The molecule has 1 aromatic carbocycles. The number of carbonyl (C=O) groups excluding carboxylic acids is 1. The van der Waals surface area contributed by atoms with E-state index >= 15 is 0 Å². The molecule has 0 radical (unpaired) electrons. The van der Waals surface area contributed by atoms with Crippen LogP contribution in [-0.4, -0.2) is 25.7 Å². The van der Waals surface area contributed by atoms with Crippen molar-refractivity contribution < 1.29 is 13.2 Å². The number of ketones is 1. The lowest BCUT2D eigenvalue weighted by atomic mass is 10.1. The predicted molar refractivity (Wildman–Crippen MR) is 86.8 cm³/mol. The van der Waals surface area contributed by atoms with Crippen molar-refractivity contribution in [3.05, 3.63) is 45.9 Å². The summed E-state index contributed by atoms with van der Waals surface area (Å²) in [5, 5.41) is 2.88. The number of benzene rings is 1. The van der Waals surface area contributed by atoms with Gasteiger partial charge in [-0.15, -0.1) is 11.3 Å². The highest BCUT2D eigenvalue weighted by atomic mass is 32.2. The minimum atomic E-state index is -3.61. The van der Waals surface area contributed by atoms with Gasteiger partial charge in [-0.1, -0.05) is 19.1 Å². The van der Waals surface area contributed by atoms with E-state index in [9.17, 15) is 13.2 Å². The van der Waals surface area contributed by atoms with Gasteiger partial charge in [0.2, 0.25) is 10.0 Å². The Hall–Kier alpha value is -1.57. The topological polar surface area (TPSA) is 76.1 Å². The predicted octanol–water partition coefficient (Wildman–Crippen LogP) is 2.57. The van der Waals surface area contributed by atoms with Crippen LogP contribution in [0.5, 0.6) is 0 Å². The van der Waals surface area contributed by atoms with Crippen molar-refractivity contribution in [3.63, 3.8) is 0 Å². The van der Waals surface area contributed by atoms with Crippen LogP contribution in [0.2, 0.25) is 0 Å². The van der Waals surface area contributed by atoms with Crippen LogP contribution in [0.1, 0.15) is 34.4 Å². The molecule has 0 amide bonds. The largest absolute Gasteiger partial charge is 0.294 e. The van der Waals surface area contributed by atoms with E-state index in [4.69, 9.17) is 0 Å². The number of thiazole rings is 1. The maximum atomic E-state index is 12.3. The molecule has 0 spiro atoms. The third-order valence-corrected chi connectivity index (χ3v) is 5.41. The first-order valence-corrected chi connectivity index (χ1v) is 9.32. The van der Waals surface area contributed by atoms with E-state index in [0.717, 1.165) is 10.7 Å². The Bertz CT molecular complexity index is 767. The van der Waals surface area contributed by atoms with E-state index in [1.807, 2.05) is 12.3 Å². The zero-order valence-corrected chi connectivity index (χ0v) is 14.1. The van der Waals surface area contributed by atoms with Gasteiger partial charge in [-0.25, -0.2) is 18.1 Å². The standard InChI is InChI=1S/C15H18N2O3S2/c1-3-15(18)12-5-4-6-14(9-12)22(19,20)16-8-7-13-10-21-11(2)17-13/h4-6,9-10,16H,3,7-8H2,1-2H3. The number of aromatic nitrogens is 1. The van der Waals surface area contributed by atoms with Crippen LogP contribution in [0.4, 0.5) is 0 Å². The molecule has 118 valence electrons. The number of aryl methyl sites for hydroxylation is 1. The molecule has 1 N–H and O–H groups in total. The Labute approximate surface area is 134 Å². The van der Waals surface area contributed by atoms with E-state index in [0.29, 0.717) is 18.4 Å². The first-order valence-electron chi connectivity index (χ1n) is 6.96. The number of rotatable bonds is 7. The lowest BCUT2D eigenvalue weighted by Gasteiger charge is -2.07. The molecule has 2 rings (SSSR count). The van der Waals surface area contributed by atoms with Crippen molar-refractivity contribution >= 4 is 27.1 Å². The summed E-state index contributed by atoms with van der Waals surface area (Å²) in [6.07, 6.45) is 0.886. The molecule has 2 aromatic rings. The number of carbonyl (C=O) groups is 1. The van der Waals surface area contributed by atoms with Crippen LogP contribution in [0, 0.1) is 6.92 Å². The number of hydrogen-bond donors (Lipinski definition) is 1. The summed E-state index contributed by atoms with van der Waals surface area (Å²) >= 11 is 1.54. The van der Waals surface area contributed by atoms with Gasteiger partial charge in [0.1, 0.15) is 0 Å². The second kappa shape index (κ2) is 7.13. The summed E-state index contributed by atoms with van der Waals surface area (Å²) in [6, 6.07) is 6.12. The first kappa shape index (κ1) is 16.8. The molecule has 7 heteroatoms. The average Bonchev–Trinajstić information content (AvgIpc) is 2.92. The Balaban J connectivity index is 2.05. The molecule has 22 heavy (non-hydrogen) atoms. The minimum absolute atomic E-state index is 0.0741. The van der Waals surface area contributed by atoms with Crippen LogP contribution in [-0.2, 0) is 16.4 Å². The molecule has 0 unspecified atom stereocenters. The summed E-state index contributed by atoms with van der Waals surface area (Å²) < 4.78 is 27.0. The summed E-state index contributed by atoms with van der Waals surface area (Å²) in [5.41, 5.74) is 1.29. The van der Waals surface area contributed by atoms with E-state index < -0.39 is 10.0 Å². The van der Waals surface area contributed by atoms with Crippen molar-refractivity contribution in [2.75, 3.05) is 6.54 Å². The van der Waals surface area contributed by atoms with Crippen LogP contribution < -0.4 is 4.72 Å². The Morgan fingerprint density at radius 1 is 1.36 bits per heavy atom. The molecule has 1 aromatic heterocycles. The summed E-state index contributed by atoms with van der Waals surface area (Å²) in [5.74, 6) is -0.0741. The summed E-state index contributed by atoms with van der Waals surface area (Å²) in [7, 11) is -3.61. The van der Waals surface area contributed by atoms with Gasteiger partial charge in [0, 0.05) is 30.3 Å². The molecule has 0 fully saturated rings. The second-order valence-corrected chi connectivity index (χ2v) is 7.64.